The van der Waals surface area contributed by atoms with E-state index < -0.39 is 23.7 Å². The van der Waals surface area contributed by atoms with Gasteiger partial charge in [0.15, 0.2) is 5.13 Å². The van der Waals surface area contributed by atoms with E-state index in [1.807, 2.05) is 13.8 Å². The SMILES string of the molecule is CCCCOc1ccc(C(O)=C2C(=O)C(=O)N(c3nc(C)c(C(=O)OCC(C)C)s3)[C@@H]2c2cccc(OC)c2)cc1. The molecule has 1 fully saturated rings. The lowest BCUT2D eigenvalue weighted by molar-refractivity contribution is -0.132. The molecule has 0 aliphatic carbocycles. The third kappa shape index (κ3) is 6.43. The molecule has 41 heavy (non-hydrogen) atoms. The highest BCUT2D eigenvalue weighted by molar-refractivity contribution is 7.17. The molecule has 2 aromatic carbocycles. The Morgan fingerprint density at radius 3 is 2.51 bits per heavy atom. The maximum Gasteiger partial charge on any atom is 0.350 e. The zero-order valence-electron chi connectivity index (χ0n) is 23.8. The van der Waals surface area contributed by atoms with Crippen molar-refractivity contribution < 1.29 is 33.7 Å². The summed E-state index contributed by atoms with van der Waals surface area (Å²) in [5.74, 6) is -1.32. The number of aliphatic hydroxyl groups excluding tert-OH is 1. The summed E-state index contributed by atoms with van der Waals surface area (Å²) in [6.45, 7) is 8.39. The molecule has 1 aliphatic heterocycles. The molecule has 1 aromatic heterocycles. The number of carbonyl (C=O) groups excluding carboxylic acids is 3. The lowest BCUT2D eigenvalue weighted by Crippen LogP contribution is -2.29. The van der Waals surface area contributed by atoms with Crippen LogP contribution in [0.5, 0.6) is 11.5 Å². The average molecular weight is 579 g/mol. The van der Waals surface area contributed by atoms with Crippen LogP contribution in [0.25, 0.3) is 5.76 Å². The van der Waals surface area contributed by atoms with Crippen molar-refractivity contribution >= 4 is 39.9 Å². The Hall–Kier alpha value is -4.18. The summed E-state index contributed by atoms with van der Waals surface area (Å²) in [7, 11) is 1.51. The number of esters is 1. The molecule has 1 atom stereocenters. The fraction of sp³-hybridized carbons (Fsp3) is 0.355. The minimum absolute atomic E-state index is 0.0975. The number of ketones is 1. The van der Waals surface area contributed by atoms with E-state index in [2.05, 4.69) is 11.9 Å². The summed E-state index contributed by atoms with van der Waals surface area (Å²) < 4.78 is 16.5. The first-order valence-corrected chi connectivity index (χ1v) is 14.3. The number of amides is 1. The fourth-order valence-corrected chi connectivity index (χ4v) is 5.33. The number of rotatable bonds is 11. The van der Waals surface area contributed by atoms with E-state index in [1.165, 1.54) is 12.0 Å². The monoisotopic (exact) mass is 578 g/mol. The van der Waals surface area contributed by atoms with E-state index in [4.69, 9.17) is 14.2 Å². The molecule has 1 N–H and O–H groups in total. The van der Waals surface area contributed by atoms with Gasteiger partial charge in [0.05, 0.1) is 37.6 Å². The predicted octanol–water partition coefficient (Wildman–Crippen LogP) is 6.08. The summed E-state index contributed by atoms with van der Waals surface area (Å²) >= 11 is 0.967. The van der Waals surface area contributed by atoms with Gasteiger partial charge in [-0.25, -0.2) is 9.78 Å². The first kappa shape index (κ1) is 29.8. The van der Waals surface area contributed by atoms with Gasteiger partial charge >= 0.3 is 11.9 Å². The van der Waals surface area contributed by atoms with Crippen LogP contribution in [0.4, 0.5) is 5.13 Å². The molecule has 2 heterocycles. The van der Waals surface area contributed by atoms with E-state index in [9.17, 15) is 19.5 Å². The number of aliphatic hydroxyl groups is 1. The normalized spacial score (nSPS) is 16.3. The smallest absolute Gasteiger partial charge is 0.350 e. The Morgan fingerprint density at radius 1 is 1.12 bits per heavy atom. The minimum atomic E-state index is -1.02. The Kier molecular flexibility index (Phi) is 9.44. The van der Waals surface area contributed by atoms with Gasteiger partial charge < -0.3 is 19.3 Å². The Bertz CT molecular complexity index is 1460. The van der Waals surface area contributed by atoms with Gasteiger partial charge in [0.25, 0.3) is 5.78 Å². The first-order chi connectivity index (χ1) is 19.7. The highest BCUT2D eigenvalue weighted by atomic mass is 32.1. The Labute approximate surface area is 243 Å². The molecule has 9 nitrogen and oxygen atoms in total. The van der Waals surface area contributed by atoms with E-state index in [0.717, 1.165) is 24.2 Å². The number of Topliss-reactive ketones (excluding diaryl/α,β-unsaturated/α-hetero) is 1. The number of unbranched alkanes of at least 4 members (excludes halogenated alkanes) is 1. The van der Waals surface area contributed by atoms with Crippen LogP contribution >= 0.6 is 11.3 Å². The van der Waals surface area contributed by atoms with Gasteiger partial charge in [-0.2, -0.15) is 0 Å². The number of ether oxygens (including phenoxy) is 3. The largest absolute Gasteiger partial charge is 0.507 e. The minimum Gasteiger partial charge on any atom is -0.507 e. The van der Waals surface area contributed by atoms with Crippen molar-refractivity contribution in [1.29, 1.82) is 0 Å². The van der Waals surface area contributed by atoms with Crippen LogP contribution in [0, 0.1) is 12.8 Å². The molecule has 0 radical (unpaired) electrons. The zero-order chi connectivity index (χ0) is 29.7. The molecule has 0 bridgehead atoms. The molecule has 0 spiro atoms. The van der Waals surface area contributed by atoms with Crippen LogP contribution in [0.15, 0.2) is 54.1 Å². The van der Waals surface area contributed by atoms with Crippen molar-refractivity contribution in [3.63, 3.8) is 0 Å². The molecule has 0 saturated carbocycles. The number of anilines is 1. The molecule has 3 aromatic rings. The predicted molar refractivity (Wildman–Crippen MR) is 157 cm³/mol. The van der Waals surface area contributed by atoms with Gasteiger partial charge in [0.1, 0.15) is 22.1 Å². The van der Waals surface area contributed by atoms with Crippen molar-refractivity contribution in [3.05, 3.63) is 75.8 Å². The quantitative estimate of drug-likeness (QED) is 0.0957. The van der Waals surface area contributed by atoms with Crippen LogP contribution in [-0.4, -0.2) is 48.1 Å². The summed E-state index contributed by atoms with van der Waals surface area (Å²) in [5, 5.41) is 11.6. The van der Waals surface area contributed by atoms with Crippen molar-refractivity contribution in [2.24, 2.45) is 5.92 Å². The second kappa shape index (κ2) is 13.0. The van der Waals surface area contributed by atoms with E-state index in [1.54, 1.807) is 55.5 Å². The van der Waals surface area contributed by atoms with Gasteiger partial charge in [0, 0.05) is 5.56 Å². The average Bonchev–Trinajstić information content (AvgIpc) is 3.48. The molecule has 10 heteroatoms. The first-order valence-electron chi connectivity index (χ1n) is 13.5. The third-order valence-electron chi connectivity index (χ3n) is 6.47. The molecule has 0 unspecified atom stereocenters. The molecular weight excluding hydrogens is 544 g/mol. The number of carbonyl (C=O) groups is 3. The summed E-state index contributed by atoms with van der Waals surface area (Å²) in [6, 6.07) is 12.6. The number of aromatic nitrogens is 1. The second-order valence-corrected chi connectivity index (χ2v) is 11.1. The fourth-order valence-electron chi connectivity index (χ4n) is 4.34. The van der Waals surface area contributed by atoms with Gasteiger partial charge in [-0.15, -0.1) is 0 Å². The standard InChI is InChI=1S/C31H34N2O7S/c1-6-7-15-39-22-13-11-20(12-14-22)26(34)24-25(21-9-8-10-23(16-21)38-5)33(29(36)27(24)35)31-32-19(4)28(41-31)30(37)40-17-18(2)3/h8-14,16,18,25,34H,6-7,15,17H2,1-5H3/t25-/m1/s1. The van der Waals surface area contributed by atoms with Crippen LogP contribution in [0.1, 0.15) is 66.1 Å². The lowest BCUT2D eigenvalue weighted by Gasteiger charge is -2.23. The molecule has 4 rings (SSSR count). The maximum atomic E-state index is 13.5. The van der Waals surface area contributed by atoms with E-state index in [-0.39, 0.29) is 33.9 Å². The van der Waals surface area contributed by atoms with Crippen molar-refractivity contribution in [2.45, 2.75) is 46.6 Å². The molecule has 1 aliphatic rings. The maximum absolute atomic E-state index is 13.5. The van der Waals surface area contributed by atoms with E-state index >= 15 is 0 Å². The lowest BCUT2D eigenvalue weighted by atomic mass is 9.95. The van der Waals surface area contributed by atoms with Gasteiger partial charge in [0.2, 0.25) is 0 Å². The van der Waals surface area contributed by atoms with Gasteiger partial charge in [-0.3, -0.25) is 14.5 Å². The number of nitrogens with zero attached hydrogens (tertiary/aromatic N) is 2. The topological polar surface area (TPSA) is 115 Å². The number of thiazole rings is 1. The van der Waals surface area contributed by atoms with Crippen LogP contribution < -0.4 is 14.4 Å². The molecule has 216 valence electrons. The number of benzene rings is 2. The van der Waals surface area contributed by atoms with Crippen LogP contribution in [0.3, 0.4) is 0 Å². The van der Waals surface area contributed by atoms with Crippen LogP contribution in [0.2, 0.25) is 0 Å². The summed E-state index contributed by atoms with van der Waals surface area (Å²) in [4.78, 5) is 45.7. The number of hydrogen-bond donors (Lipinski definition) is 1. The summed E-state index contributed by atoms with van der Waals surface area (Å²) in [5.41, 5.74) is 1.16. The van der Waals surface area contributed by atoms with Gasteiger partial charge in [-0.1, -0.05) is 50.7 Å². The van der Waals surface area contributed by atoms with Gasteiger partial charge in [-0.05, 0) is 61.2 Å². The number of methoxy groups -OCH3 is 1. The summed E-state index contributed by atoms with van der Waals surface area (Å²) in [6.07, 6.45) is 1.92. The van der Waals surface area contributed by atoms with Crippen molar-refractivity contribution in [2.75, 3.05) is 25.2 Å². The van der Waals surface area contributed by atoms with Crippen molar-refractivity contribution in [3.8, 4) is 11.5 Å². The third-order valence-corrected chi connectivity index (χ3v) is 7.61. The Balaban J connectivity index is 1.79. The zero-order valence-corrected chi connectivity index (χ0v) is 24.6. The number of hydrogen-bond acceptors (Lipinski definition) is 9. The highest BCUT2D eigenvalue weighted by Gasteiger charge is 2.48. The second-order valence-electron chi connectivity index (χ2n) is 10.1. The highest BCUT2D eigenvalue weighted by Crippen LogP contribution is 2.44. The molecule has 1 amide bonds. The van der Waals surface area contributed by atoms with Crippen molar-refractivity contribution in [1.82, 2.24) is 4.98 Å². The molecule has 1 saturated heterocycles. The Morgan fingerprint density at radius 2 is 1.85 bits per heavy atom. The number of aryl methyl sites for hydroxylation is 1. The molecular formula is C31H34N2O7S. The van der Waals surface area contributed by atoms with Crippen LogP contribution in [-0.2, 0) is 14.3 Å². The van der Waals surface area contributed by atoms with E-state index in [0.29, 0.717) is 34.9 Å².